The Labute approximate surface area is 190 Å². The first-order valence-electron chi connectivity index (χ1n) is 11.7. The predicted octanol–water partition coefficient (Wildman–Crippen LogP) is 4.94. The van der Waals surface area contributed by atoms with E-state index >= 15 is 0 Å². The maximum atomic E-state index is 13.3. The molecule has 1 saturated carbocycles. The first-order chi connectivity index (χ1) is 15.8. The van der Waals surface area contributed by atoms with Crippen LogP contribution in [0.15, 0.2) is 41.2 Å². The van der Waals surface area contributed by atoms with Gasteiger partial charge in [-0.05, 0) is 55.0 Å². The van der Waals surface area contributed by atoms with Gasteiger partial charge in [-0.2, -0.15) is 0 Å². The molecule has 2 aromatic rings. The smallest absolute Gasteiger partial charge is 0.406 e. The molecule has 0 spiro atoms. The third-order valence-electron chi connectivity index (χ3n) is 7.27. The average Bonchev–Trinajstić information content (AvgIpc) is 2.79. The fourth-order valence-electron chi connectivity index (χ4n) is 5.79. The van der Waals surface area contributed by atoms with Crippen LogP contribution in [0, 0.1) is 11.8 Å². The standard InChI is InChI=1S/C25H27F3N2O3/c26-25(27,28)33-20-8-6-17(7-9-20)21-10-11-22-19-12-16(14-30(22)24(21)32)13-29(15-19)23(31)18-4-2-1-3-5-18/h6-11,16,18-19H,1-5,12-15H2/t16-,19-/m1/s1. The summed E-state index contributed by atoms with van der Waals surface area (Å²) in [5.41, 5.74) is 1.80. The van der Waals surface area contributed by atoms with Gasteiger partial charge in [0.2, 0.25) is 5.91 Å². The van der Waals surface area contributed by atoms with Crippen LogP contribution >= 0.6 is 0 Å². The van der Waals surface area contributed by atoms with Crippen molar-refractivity contribution in [3.05, 3.63) is 52.4 Å². The Kier molecular flexibility index (Phi) is 5.70. The second kappa shape index (κ2) is 8.54. The molecule has 3 heterocycles. The summed E-state index contributed by atoms with van der Waals surface area (Å²) >= 11 is 0. The van der Waals surface area contributed by atoms with Gasteiger partial charge >= 0.3 is 6.36 Å². The predicted molar refractivity (Wildman–Crippen MR) is 117 cm³/mol. The van der Waals surface area contributed by atoms with Crippen LogP contribution < -0.4 is 10.3 Å². The maximum Gasteiger partial charge on any atom is 0.573 e. The van der Waals surface area contributed by atoms with Gasteiger partial charge in [0.1, 0.15) is 5.75 Å². The molecule has 2 atom stereocenters. The fraction of sp³-hybridized carbons (Fsp3) is 0.520. The summed E-state index contributed by atoms with van der Waals surface area (Å²) in [4.78, 5) is 28.4. The quantitative estimate of drug-likeness (QED) is 0.652. The van der Waals surface area contributed by atoms with Crippen molar-refractivity contribution in [1.29, 1.82) is 0 Å². The molecule has 3 aliphatic rings. The summed E-state index contributed by atoms with van der Waals surface area (Å²) in [7, 11) is 0. The lowest BCUT2D eigenvalue weighted by molar-refractivity contribution is -0.274. The molecule has 2 bridgehead atoms. The summed E-state index contributed by atoms with van der Waals surface area (Å²) in [5, 5.41) is 0. The van der Waals surface area contributed by atoms with Crippen molar-refractivity contribution in [3.63, 3.8) is 0 Å². The van der Waals surface area contributed by atoms with Crippen molar-refractivity contribution in [1.82, 2.24) is 9.47 Å². The highest BCUT2D eigenvalue weighted by Crippen LogP contribution is 2.37. The van der Waals surface area contributed by atoms with Gasteiger partial charge in [-0.15, -0.1) is 13.2 Å². The van der Waals surface area contributed by atoms with Crippen molar-refractivity contribution in [2.45, 2.75) is 57.3 Å². The minimum absolute atomic E-state index is 0.134. The number of carbonyl (C=O) groups excluding carboxylic acids is 1. The van der Waals surface area contributed by atoms with E-state index in [1.807, 2.05) is 11.0 Å². The number of carbonyl (C=O) groups is 1. The van der Waals surface area contributed by atoms with Crippen LogP contribution in [-0.4, -0.2) is 34.8 Å². The van der Waals surface area contributed by atoms with Gasteiger partial charge in [-0.3, -0.25) is 9.59 Å². The number of benzene rings is 1. The third kappa shape index (κ3) is 4.52. The Morgan fingerprint density at radius 2 is 1.67 bits per heavy atom. The lowest BCUT2D eigenvalue weighted by Crippen LogP contribution is -2.50. The molecule has 1 aromatic carbocycles. The normalized spacial score (nSPS) is 23.2. The van der Waals surface area contributed by atoms with Crippen molar-refractivity contribution in [3.8, 4) is 16.9 Å². The van der Waals surface area contributed by atoms with Gasteiger partial charge in [0.25, 0.3) is 5.56 Å². The van der Waals surface area contributed by atoms with E-state index in [2.05, 4.69) is 4.74 Å². The number of fused-ring (bicyclic) bond motifs is 4. The van der Waals surface area contributed by atoms with E-state index in [0.29, 0.717) is 30.8 Å². The van der Waals surface area contributed by atoms with Crippen LogP contribution in [0.1, 0.15) is 50.1 Å². The summed E-state index contributed by atoms with van der Waals surface area (Å²) < 4.78 is 43.0. The number of aromatic nitrogens is 1. The molecule has 33 heavy (non-hydrogen) atoms. The van der Waals surface area contributed by atoms with E-state index in [1.54, 1.807) is 10.6 Å². The number of rotatable bonds is 3. The van der Waals surface area contributed by atoms with Gasteiger partial charge in [-0.25, -0.2) is 0 Å². The molecule has 0 unspecified atom stereocenters. The summed E-state index contributed by atoms with van der Waals surface area (Å²) in [5.74, 6) is 0.472. The van der Waals surface area contributed by atoms with Crippen molar-refractivity contribution in [2.24, 2.45) is 11.8 Å². The van der Waals surface area contributed by atoms with Crippen LogP contribution in [0.3, 0.4) is 0 Å². The average molecular weight is 460 g/mol. The number of hydrogen-bond donors (Lipinski definition) is 0. The summed E-state index contributed by atoms with van der Waals surface area (Å²) in [6.45, 7) is 1.89. The van der Waals surface area contributed by atoms with Crippen LogP contribution in [0.4, 0.5) is 13.2 Å². The number of likely N-dealkylation sites (tertiary alicyclic amines) is 1. The number of piperidine rings is 1. The molecule has 1 aliphatic carbocycles. The van der Waals surface area contributed by atoms with Gasteiger partial charge in [0.05, 0.1) is 0 Å². The molecule has 2 fully saturated rings. The number of alkyl halides is 3. The molecule has 176 valence electrons. The number of hydrogen-bond acceptors (Lipinski definition) is 3. The van der Waals surface area contributed by atoms with Crippen LogP contribution in [-0.2, 0) is 11.3 Å². The van der Waals surface area contributed by atoms with E-state index in [0.717, 1.165) is 37.8 Å². The Hall–Kier alpha value is -2.77. The minimum atomic E-state index is -4.75. The van der Waals surface area contributed by atoms with E-state index in [9.17, 15) is 22.8 Å². The molecular weight excluding hydrogens is 433 g/mol. The molecule has 0 N–H and O–H groups in total. The monoisotopic (exact) mass is 460 g/mol. The van der Waals surface area contributed by atoms with E-state index in [-0.39, 0.29) is 35.0 Å². The summed E-state index contributed by atoms with van der Waals surface area (Å²) in [6.07, 6.45) is 1.65. The molecule has 1 amide bonds. The van der Waals surface area contributed by atoms with Crippen LogP contribution in [0.25, 0.3) is 11.1 Å². The number of halogens is 3. The zero-order chi connectivity index (χ0) is 23.2. The molecule has 5 nitrogen and oxygen atoms in total. The fourth-order valence-corrected chi connectivity index (χ4v) is 5.79. The largest absolute Gasteiger partial charge is 0.573 e. The second-order valence-electron chi connectivity index (χ2n) is 9.54. The second-order valence-corrected chi connectivity index (χ2v) is 9.54. The highest BCUT2D eigenvalue weighted by Gasteiger charge is 2.38. The van der Waals surface area contributed by atoms with E-state index in [4.69, 9.17) is 0 Å². The molecule has 2 aliphatic heterocycles. The van der Waals surface area contributed by atoms with Gasteiger partial charge < -0.3 is 14.2 Å². The Morgan fingerprint density at radius 1 is 0.939 bits per heavy atom. The Balaban J connectivity index is 1.37. The van der Waals surface area contributed by atoms with Crippen molar-refractivity contribution >= 4 is 5.91 Å². The molecule has 1 aromatic heterocycles. The third-order valence-corrected chi connectivity index (χ3v) is 7.27. The molecule has 8 heteroatoms. The lowest BCUT2D eigenvalue weighted by atomic mass is 9.81. The number of pyridine rings is 1. The minimum Gasteiger partial charge on any atom is -0.406 e. The zero-order valence-electron chi connectivity index (χ0n) is 18.3. The van der Waals surface area contributed by atoms with E-state index in [1.165, 1.54) is 30.7 Å². The number of amides is 1. The highest BCUT2D eigenvalue weighted by molar-refractivity contribution is 5.79. The lowest BCUT2D eigenvalue weighted by Gasteiger charge is -2.44. The molecule has 5 rings (SSSR count). The maximum absolute atomic E-state index is 13.3. The van der Waals surface area contributed by atoms with Crippen LogP contribution in [0.5, 0.6) is 5.75 Å². The van der Waals surface area contributed by atoms with Crippen LogP contribution in [0.2, 0.25) is 0 Å². The molecule has 0 radical (unpaired) electrons. The van der Waals surface area contributed by atoms with Crippen molar-refractivity contribution in [2.75, 3.05) is 13.1 Å². The summed E-state index contributed by atoms with van der Waals surface area (Å²) in [6, 6.07) is 9.06. The van der Waals surface area contributed by atoms with Gasteiger partial charge in [-0.1, -0.05) is 31.4 Å². The Morgan fingerprint density at radius 3 is 2.36 bits per heavy atom. The molecule has 1 saturated heterocycles. The first-order valence-corrected chi connectivity index (χ1v) is 11.7. The number of ether oxygens (including phenoxy) is 1. The molecular formula is C25H27F3N2O3. The van der Waals surface area contributed by atoms with Gasteiger partial charge in [0, 0.05) is 42.7 Å². The van der Waals surface area contributed by atoms with Gasteiger partial charge in [0.15, 0.2) is 0 Å². The Bertz CT molecular complexity index is 1090. The SMILES string of the molecule is O=C(C1CCCCC1)N1C[C@H]2C[C@H](C1)c1ccc(-c3ccc(OC(F)(F)F)cc3)c(=O)n1C2. The number of nitrogens with zero attached hydrogens (tertiary/aromatic N) is 2. The van der Waals surface area contributed by atoms with Crippen molar-refractivity contribution < 1.29 is 22.7 Å². The zero-order valence-corrected chi connectivity index (χ0v) is 18.3. The van der Waals surface area contributed by atoms with E-state index < -0.39 is 6.36 Å². The highest BCUT2D eigenvalue weighted by atomic mass is 19.4. The first kappa shape index (κ1) is 22.0. The topological polar surface area (TPSA) is 51.5 Å².